The second-order valence-electron chi connectivity index (χ2n) is 7.95. The minimum Gasteiger partial charge on any atom is -0.493 e. The number of carbonyl (C=O) groups is 1. The summed E-state index contributed by atoms with van der Waals surface area (Å²) >= 11 is 0. The number of carbonyl (C=O) groups excluding carboxylic acids is 1. The van der Waals surface area contributed by atoms with Crippen molar-refractivity contribution in [2.24, 2.45) is 5.41 Å². The summed E-state index contributed by atoms with van der Waals surface area (Å²) in [5.41, 5.74) is 3.38. The van der Waals surface area contributed by atoms with Crippen LogP contribution in [0.3, 0.4) is 0 Å². The Bertz CT molecular complexity index is 836. The van der Waals surface area contributed by atoms with Gasteiger partial charge in [-0.25, -0.2) is 4.79 Å². The summed E-state index contributed by atoms with van der Waals surface area (Å²) in [7, 11) is 1.64. The van der Waals surface area contributed by atoms with Gasteiger partial charge in [0.15, 0.2) is 11.5 Å². The van der Waals surface area contributed by atoms with E-state index in [1.807, 2.05) is 18.2 Å². The number of benzene rings is 2. The van der Waals surface area contributed by atoms with Crippen molar-refractivity contribution in [2.75, 3.05) is 13.7 Å². The average molecular weight is 367 g/mol. The van der Waals surface area contributed by atoms with Crippen LogP contribution in [0.4, 0.5) is 4.79 Å². The van der Waals surface area contributed by atoms with E-state index in [9.17, 15) is 4.79 Å². The monoisotopic (exact) mass is 367 g/mol. The van der Waals surface area contributed by atoms with Gasteiger partial charge in [-0.3, -0.25) is 0 Å². The molecule has 1 N–H and O–H groups in total. The highest BCUT2D eigenvalue weighted by Gasteiger charge is 2.39. The molecule has 1 saturated heterocycles. The lowest BCUT2D eigenvalue weighted by Crippen LogP contribution is -2.46. The number of rotatable bonds is 4. The van der Waals surface area contributed by atoms with Gasteiger partial charge in [-0.2, -0.15) is 0 Å². The van der Waals surface area contributed by atoms with Crippen LogP contribution in [0.25, 0.3) is 0 Å². The van der Waals surface area contributed by atoms with Gasteiger partial charge in [0.2, 0.25) is 0 Å². The minimum atomic E-state index is -0.385. The fourth-order valence-corrected chi connectivity index (χ4v) is 3.95. The van der Waals surface area contributed by atoms with Crippen LogP contribution in [-0.2, 0) is 17.6 Å². The standard InChI is InChI=1S/C22H25NO4/c1-22(2)13-23-21(24)27-20(22)16-8-9-18(25-3)19(12-16)26-17-10-14-6-4-5-7-15(14)11-17/h4-9,12,17,20H,10-11,13H2,1-3H3,(H,23,24). The van der Waals surface area contributed by atoms with Gasteiger partial charge in [0, 0.05) is 24.8 Å². The highest BCUT2D eigenvalue weighted by Crippen LogP contribution is 2.42. The lowest BCUT2D eigenvalue weighted by atomic mass is 9.81. The van der Waals surface area contributed by atoms with Crippen LogP contribution < -0.4 is 14.8 Å². The molecule has 1 aliphatic heterocycles. The Balaban J connectivity index is 1.59. The summed E-state index contributed by atoms with van der Waals surface area (Å²) in [6.07, 6.45) is 1.13. The Labute approximate surface area is 159 Å². The molecule has 1 heterocycles. The predicted octanol–water partition coefficient (Wildman–Crippen LogP) is 4.05. The van der Waals surface area contributed by atoms with Crippen LogP contribution in [0.15, 0.2) is 42.5 Å². The lowest BCUT2D eigenvalue weighted by molar-refractivity contribution is -0.00537. The zero-order valence-electron chi connectivity index (χ0n) is 16.0. The van der Waals surface area contributed by atoms with Crippen molar-refractivity contribution in [3.63, 3.8) is 0 Å². The molecular formula is C22H25NO4. The van der Waals surface area contributed by atoms with Crippen LogP contribution in [0.5, 0.6) is 11.5 Å². The van der Waals surface area contributed by atoms with Crippen LogP contribution in [0.1, 0.15) is 36.6 Å². The summed E-state index contributed by atoms with van der Waals surface area (Å²) in [6.45, 7) is 4.72. The molecule has 142 valence electrons. The Kier molecular flexibility index (Phi) is 4.46. The number of nitrogens with one attached hydrogen (secondary N) is 1. The Morgan fingerprint density at radius 1 is 1.07 bits per heavy atom. The van der Waals surface area contributed by atoms with E-state index in [1.165, 1.54) is 11.1 Å². The summed E-state index contributed by atoms with van der Waals surface area (Å²) in [5, 5.41) is 2.76. The third-order valence-corrected chi connectivity index (χ3v) is 5.42. The van der Waals surface area contributed by atoms with E-state index in [0.717, 1.165) is 18.4 Å². The van der Waals surface area contributed by atoms with E-state index in [0.29, 0.717) is 18.0 Å². The molecular weight excluding hydrogens is 342 g/mol. The third-order valence-electron chi connectivity index (χ3n) is 5.42. The SMILES string of the molecule is COc1ccc(C2OC(=O)NCC2(C)C)cc1OC1Cc2ccccc2C1. The molecule has 0 spiro atoms. The van der Waals surface area contributed by atoms with Gasteiger partial charge in [-0.15, -0.1) is 0 Å². The van der Waals surface area contributed by atoms with E-state index in [1.54, 1.807) is 7.11 Å². The molecule has 0 saturated carbocycles. The van der Waals surface area contributed by atoms with Crippen molar-refractivity contribution >= 4 is 6.09 Å². The summed E-state index contributed by atoms with van der Waals surface area (Å²) in [5.74, 6) is 1.38. The van der Waals surface area contributed by atoms with E-state index < -0.39 is 0 Å². The van der Waals surface area contributed by atoms with Crippen LogP contribution in [0, 0.1) is 5.41 Å². The molecule has 4 rings (SSSR count). The van der Waals surface area contributed by atoms with Crippen LogP contribution >= 0.6 is 0 Å². The van der Waals surface area contributed by atoms with Crippen LogP contribution in [-0.4, -0.2) is 25.9 Å². The van der Waals surface area contributed by atoms with Gasteiger partial charge in [-0.05, 0) is 28.8 Å². The molecule has 1 unspecified atom stereocenters. The maximum Gasteiger partial charge on any atom is 0.407 e. The topological polar surface area (TPSA) is 56.8 Å². The number of alkyl carbamates (subject to hydrolysis) is 1. The number of fused-ring (bicyclic) bond motifs is 1. The van der Waals surface area contributed by atoms with Gasteiger partial charge >= 0.3 is 6.09 Å². The molecule has 5 nitrogen and oxygen atoms in total. The number of methoxy groups -OCH3 is 1. The molecule has 2 aromatic carbocycles. The van der Waals surface area contributed by atoms with Crippen molar-refractivity contribution in [3.05, 3.63) is 59.2 Å². The molecule has 0 bridgehead atoms. The van der Waals surface area contributed by atoms with Crippen molar-refractivity contribution in [3.8, 4) is 11.5 Å². The number of ether oxygens (including phenoxy) is 3. The van der Waals surface area contributed by atoms with Gasteiger partial charge in [-0.1, -0.05) is 44.2 Å². The van der Waals surface area contributed by atoms with Crippen molar-refractivity contribution in [1.29, 1.82) is 0 Å². The quantitative estimate of drug-likeness (QED) is 0.886. The molecule has 2 aromatic rings. The van der Waals surface area contributed by atoms with E-state index in [2.05, 4.69) is 43.4 Å². The zero-order chi connectivity index (χ0) is 19.0. The smallest absolute Gasteiger partial charge is 0.407 e. The number of amides is 1. The zero-order valence-corrected chi connectivity index (χ0v) is 16.0. The van der Waals surface area contributed by atoms with Gasteiger partial charge in [0.05, 0.1) is 7.11 Å². The molecule has 0 aromatic heterocycles. The van der Waals surface area contributed by atoms with Gasteiger partial charge < -0.3 is 19.5 Å². The first-order chi connectivity index (χ1) is 13.0. The molecule has 0 radical (unpaired) electrons. The number of cyclic esters (lactones) is 1. The fourth-order valence-electron chi connectivity index (χ4n) is 3.95. The van der Waals surface area contributed by atoms with Crippen molar-refractivity contribution in [2.45, 2.75) is 38.9 Å². The Morgan fingerprint density at radius 2 is 1.78 bits per heavy atom. The maximum absolute atomic E-state index is 11.8. The number of hydrogen-bond acceptors (Lipinski definition) is 4. The second kappa shape index (κ2) is 6.80. The Hall–Kier alpha value is -2.69. The molecule has 5 heteroatoms. The maximum atomic E-state index is 11.8. The second-order valence-corrected chi connectivity index (χ2v) is 7.95. The number of hydrogen-bond donors (Lipinski definition) is 1. The first kappa shape index (κ1) is 17.7. The highest BCUT2D eigenvalue weighted by atomic mass is 16.6. The van der Waals surface area contributed by atoms with Crippen molar-refractivity contribution < 1.29 is 19.0 Å². The molecule has 27 heavy (non-hydrogen) atoms. The minimum absolute atomic E-state index is 0.0788. The first-order valence-electron chi connectivity index (χ1n) is 9.32. The van der Waals surface area contributed by atoms with E-state index in [4.69, 9.17) is 14.2 Å². The van der Waals surface area contributed by atoms with E-state index in [-0.39, 0.29) is 23.7 Å². The summed E-state index contributed by atoms with van der Waals surface area (Å²) < 4.78 is 17.4. The Morgan fingerprint density at radius 3 is 2.44 bits per heavy atom. The molecule has 1 fully saturated rings. The molecule has 1 amide bonds. The fraction of sp³-hybridized carbons (Fsp3) is 0.409. The highest BCUT2D eigenvalue weighted by molar-refractivity contribution is 5.68. The summed E-state index contributed by atoms with van der Waals surface area (Å²) in [6, 6.07) is 14.2. The van der Waals surface area contributed by atoms with Gasteiger partial charge in [0.1, 0.15) is 12.2 Å². The molecule has 1 atom stereocenters. The normalized spacial score (nSPS) is 21.1. The van der Waals surface area contributed by atoms with Crippen LogP contribution in [0.2, 0.25) is 0 Å². The molecule has 2 aliphatic rings. The van der Waals surface area contributed by atoms with Gasteiger partial charge in [0.25, 0.3) is 0 Å². The van der Waals surface area contributed by atoms with E-state index >= 15 is 0 Å². The predicted molar refractivity (Wildman–Crippen MR) is 102 cm³/mol. The average Bonchev–Trinajstić information content (AvgIpc) is 3.06. The summed E-state index contributed by atoms with van der Waals surface area (Å²) in [4.78, 5) is 11.8. The largest absolute Gasteiger partial charge is 0.493 e. The molecule has 1 aliphatic carbocycles. The van der Waals surface area contributed by atoms with Crippen molar-refractivity contribution in [1.82, 2.24) is 5.32 Å². The third kappa shape index (κ3) is 3.46. The lowest BCUT2D eigenvalue weighted by Gasteiger charge is -2.38. The first-order valence-corrected chi connectivity index (χ1v) is 9.32.